The maximum atomic E-state index is 11.0. The van der Waals surface area contributed by atoms with Crippen LogP contribution in [0.4, 0.5) is 0 Å². The van der Waals surface area contributed by atoms with Gasteiger partial charge >= 0.3 is 0 Å². The zero-order chi connectivity index (χ0) is 10.8. The third-order valence-corrected chi connectivity index (χ3v) is 3.13. The molecule has 1 heterocycles. The molecule has 0 spiro atoms. The molecule has 1 fully saturated rings. The number of aromatic amines is 2. The number of nitrogens with one attached hydrogen (secondary N) is 2. The van der Waals surface area contributed by atoms with Gasteiger partial charge in [0.1, 0.15) is 5.82 Å². The Hall–Kier alpha value is -1.17. The molecule has 2 N–H and O–H groups in total. The van der Waals surface area contributed by atoms with Gasteiger partial charge in [-0.25, -0.2) is 4.98 Å². The molecule has 5 nitrogen and oxygen atoms in total. The number of H-pyrrole nitrogens is 2. The molecule has 1 aliphatic carbocycles. The number of carbonyl (C=O) groups is 1. The van der Waals surface area contributed by atoms with Crippen LogP contribution in [0, 0.1) is 10.7 Å². The fourth-order valence-electron chi connectivity index (χ4n) is 2.20. The molecule has 1 saturated carbocycles. The van der Waals surface area contributed by atoms with Gasteiger partial charge in [-0.3, -0.25) is 10.2 Å². The number of hydrogen-bond acceptors (Lipinski definition) is 4. The molecule has 0 amide bonds. The van der Waals surface area contributed by atoms with Crippen LogP contribution in [-0.2, 0) is 4.79 Å². The first-order valence-corrected chi connectivity index (χ1v) is 5.45. The van der Waals surface area contributed by atoms with Gasteiger partial charge in [0.25, 0.3) is 0 Å². The minimum atomic E-state index is -0.984. The van der Waals surface area contributed by atoms with Gasteiger partial charge < -0.3 is 9.90 Å². The number of nitrogens with zero attached hydrogens (tertiary/aromatic N) is 1. The zero-order valence-electron chi connectivity index (χ0n) is 8.16. The van der Waals surface area contributed by atoms with Crippen molar-refractivity contribution < 1.29 is 9.90 Å². The van der Waals surface area contributed by atoms with Crippen molar-refractivity contribution in [2.75, 3.05) is 0 Å². The topological polar surface area (TPSA) is 84.6 Å². The second kappa shape index (κ2) is 4.14. The molecule has 1 aromatic heterocycles. The summed E-state index contributed by atoms with van der Waals surface area (Å²) in [4.78, 5) is 15.0. The highest BCUT2D eigenvalue weighted by molar-refractivity contribution is 7.71. The van der Waals surface area contributed by atoms with E-state index >= 15 is 0 Å². The minimum Gasteiger partial charge on any atom is -0.550 e. The van der Waals surface area contributed by atoms with E-state index in [9.17, 15) is 9.90 Å². The molecular weight excluding hydrogens is 214 g/mol. The first-order valence-electron chi connectivity index (χ1n) is 5.04. The third-order valence-electron chi connectivity index (χ3n) is 2.94. The van der Waals surface area contributed by atoms with Gasteiger partial charge in [0.15, 0.2) is 0 Å². The van der Waals surface area contributed by atoms with Gasteiger partial charge in [-0.05, 0) is 25.1 Å². The van der Waals surface area contributed by atoms with E-state index in [0.717, 1.165) is 19.3 Å². The van der Waals surface area contributed by atoms with Crippen molar-refractivity contribution in [2.45, 2.75) is 31.6 Å². The first kappa shape index (κ1) is 10.4. The molecule has 15 heavy (non-hydrogen) atoms. The molecule has 0 aliphatic heterocycles. The van der Waals surface area contributed by atoms with Crippen molar-refractivity contribution >= 4 is 18.2 Å². The number of carboxylic acids is 1. The van der Waals surface area contributed by atoms with Crippen molar-refractivity contribution in [2.24, 2.45) is 5.92 Å². The normalized spacial score (nSPS) is 26.4. The fourth-order valence-corrected chi connectivity index (χ4v) is 2.35. The second-order valence-electron chi connectivity index (χ2n) is 3.87. The van der Waals surface area contributed by atoms with E-state index in [1.165, 1.54) is 0 Å². The van der Waals surface area contributed by atoms with E-state index in [1.807, 2.05) is 0 Å². The fraction of sp³-hybridized carbons (Fsp3) is 0.667. The largest absolute Gasteiger partial charge is 0.550 e. The Bertz CT molecular complexity index is 411. The van der Waals surface area contributed by atoms with Gasteiger partial charge in [0.05, 0.1) is 0 Å². The lowest BCUT2D eigenvalue weighted by atomic mass is 9.79. The van der Waals surface area contributed by atoms with E-state index in [-0.39, 0.29) is 5.92 Å². The molecule has 0 radical (unpaired) electrons. The Balaban J connectivity index is 2.25. The highest BCUT2D eigenvalue weighted by Gasteiger charge is 2.29. The lowest BCUT2D eigenvalue weighted by molar-refractivity contribution is -0.313. The number of aliphatic carboxylic acids is 1. The van der Waals surface area contributed by atoms with Gasteiger partial charge in [-0.1, -0.05) is 12.8 Å². The quantitative estimate of drug-likeness (QED) is 0.719. The zero-order valence-corrected chi connectivity index (χ0v) is 8.97. The predicted molar refractivity (Wildman–Crippen MR) is 53.5 cm³/mol. The Morgan fingerprint density at radius 2 is 2.13 bits per heavy atom. The molecular formula is C9H12N3O2S-. The summed E-state index contributed by atoms with van der Waals surface area (Å²) in [5.74, 6) is -0.861. The summed E-state index contributed by atoms with van der Waals surface area (Å²) in [5, 5.41) is 16.5. The van der Waals surface area contributed by atoms with E-state index in [4.69, 9.17) is 12.2 Å². The predicted octanol–water partition coefficient (Wildman–Crippen LogP) is 0.491. The number of hydrogen-bond donors (Lipinski definition) is 2. The minimum absolute atomic E-state index is 0.0864. The Kier molecular flexibility index (Phi) is 2.86. The van der Waals surface area contributed by atoms with Crippen molar-refractivity contribution in [3.8, 4) is 0 Å². The Morgan fingerprint density at radius 3 is 2.73 bits per heavy atom. The average molecular weight is 226 g/mol. The number of rotatable bonds is 2. The van der Waals surface area contributed by atoms with Crippen molar-refractivity contribution in [1.82, 2.24) is 15.2 Å². The van der Waals surface area contributed by atoms with Crippen LogP contribution >= 0.6 is 12.2 Å². The molecule has 1 aliphatic rings. The summed E-state index contributed by atoms with van der Waals surface area (Å²) in [6.45, 7) is 0. The highest BCUT2D eigenvalue weighted by Crippen LogP contribution is 2.35. The number of carboxylic acid groups (broad SMARTS) is 1. The average Bonchev–Trinajstić information content (AvgIpc) is 2.65. The summed E-state index contributed by atoms with van der Waals surface area (Å²) >= 11 is 4.85. The summed E-state index contributed by atoms with van der Waals surface area (Å²) in [5.41, 5.74) is 0. The second-order valence-corrected chi connectivity index (χ2v) is 4.26. The molecule has 2 atom stereocenters. The number of aromatic nitrogens is 3. The Morgan fingerprint density at radius 1 is 1.40 bits per heavy atom. The van der Waals surface area contributed by atoms with Crippen LogP contribution in [0.15, 0.2) is 0 Å². The molecule has 0 bridgehead atoms. The highest BCUT2D eigenvalue weighted by atomic mass is 32.1. The van der Waals surface area contributed by atoms with E-state index in [2.05, 4.69) is 15.2 Å². The molecule has 82 valence electrons. The molecule has 0 saturated heterocycles. The van der Waals surface area contributed by atoms with Crippen molar-refractivity contribution in [3.63, 3.8) is 0 Å². The smallest absolute Gasteiger partial charge is 0.213 e. The summed E-state index contributed by atoms with van der Waals surface area (Å²) in [6.07, 6.45) is 3.47. The van der Waals surface area contributed by atoms with Crippen LogP contribution in [-0.4, -0.2) is 21.2 Å². The van der Waals surface area contributed by atoms with E-state index in [1.54, 1.807) is 0 Å². The first-order chi connectivity index (χ1) is 7.18. The monoisotopic (exact) mass is 226 g/mol. The molecule has 0 unspecified atom stereocenters. The van der Waals surface area contributed by atoms with Crippen LogP contribution in [0.1, 0.15) is 37.4 Å². The van der Waals surface area contributed by atoms with Crippen LogP contribution in [0.5, 0.6) is 0 Å². The van der Waals surface area contributed by atoms with Crippen LogP contribution < -0.4 is 5.11 Å². The lowest BCUT2D eigenvalue weighted by Crippen LogP contribution is -2.37. The molecule has 1 aromatic rings. The van der Waals surface area contributed by atoms with Crippen LogP contribution in [0.25, 0.3) is 0 Å². The maximum Gasteiger partial charge on any atom is 0.213 e. The van der Waals surface area contributed by atoms with E-state index in [0.29, 0.717) is 17.0 Å². The SMILES string of the molecule is O=C([O-])[C@@H]1CCCC[C@@H]1c1nc(=S)[nH][nH]1. The lowest BCUT2D eigenvalue weighted by Gasteiger charge is -2.30. The van der Waals surface area contributed by atoms with Gasteiger partial charge in [0, 0.05) is 17.8 Å². The summed E-state index contributed by atoms with van der Waals surface area (Å²) < 4.78 is 0.368. The molecule has 2 rings (SSSR count). The van der Waals surface area contributed by atoms with Crippen LogP contribution in [0.3, 0.4) is 0 Å². The van der Waals surface area contributed by atoms with E-state index < -0.39 is 11.9 Å². The summed E-state index contributed by atoms with van der Waals surface area (Å²) in [7, 11) is 0. The van der Waals surface area contributed by atoms with Crippen molar-refractivity contribution in [1.29, 1.82) is 0 Å². The van der Waals surface area contributed by atoms with Crippen LogP contribution in [0.2, 0.25) is 0 Å². The Labute approximate surface area is 91.9 Å². The summed E-state index contributed by atoms with van der Waals surface area (Å²) in [6, 6.07) is 0. The van der Waals surface area contributed by atoms with Gasteiger partial charge in [-0.15, -0.1) is 0 Å². The van der Waals surface area contributed by atoms with Gasteiger partial charge in [0.2, 0.25) is 4.77 Å². The maximum absolute atomic E-state index is 11.0. The van der Waals surface area contributed by atoms with Crippen molar-refractivity contribution in [3.05, 3.63) is 10.6 Å². The number of carbonyl (C=O) groups excluding carboxylic acids is 1. The standard InChI is InChI=1S/C9H13N3O2S/c13-8(14)6-4-2-1-3-5(6)7-10-9(15)12-11-7/h5-6H,1-4H2,(H,13,14)(H2,10,11,12,15)/p-1/t5-,6+/m0/s1. The molecule has 6 heteroatoms. The molecule has 0 aromatic carbocycles. The third kappa shape index (κ3) is 2.09. The van der Waals surface area contributed by atoms with Gasteiger partial charge in [-0.2, -0.15) is 0 Å².